The third-order valence-electron chi connectivity index (χ3n) is 5.60. The molecule has 1 aromatic heterocycles. The smallest absolute Gasteiger partial charge is 0.329 e. The summed E-state index contributed by atoms with van der Waals surface area (Å²) in [5.74, 6) is 1.79. The van der Waals surface area contributed by atoms with E-state index in [0.717, 1.165) is 38.6 Å². The molecule has 3 rings (SSSR count). The molecule has 0 amide bonds. The number of benzene rings is 1. The molecule has 1 fully saturated rings. The molecular weight excluding hydrogens is 368 g/mol. The van der Waals surface area contributed by atoms with E-state index in [1.165, 1.54) is 17.3 Å². The molecule has 1 aliphatic carbocycles. The average Bonchev–Trinajstić information content (AvgIpc) is 2.72. The largest absolute Gasteiger partial charge is 0.364 e. The molecule has 0 spiro atoms. The second-order valence-corrected chi connectivity index (χ2v) is 7.85. The lowest BCUT2D eigenvalue weighted by molar-refractivity contribution is -0.384. The first kappa shape index (κ1) is 21.0. The lowest BCUT2D eigenvalue weighted by Gasteiger charge is -2.27. The van der Waals surface area contributed by atoms with E-state index >= 15 is 0 Å². The maximum Gasteiger partial charge on any atom is 0.329 e. The fraction of sp³-hybridized carbons (Fsp3) is 0.524. The summed E-state index contributed by atoms with van der Waals surface area (Å²) in [6.45, 7) is 4.15. The second-order valence-electron chi connectivity index (χ2n) is 7.85. The predicted octanol–water partition coefficient (Wildman–Crippen LogP) is 3.52. The van der Waals surface area contributed by atoms with Gasteiger partial charge in [0.25, 0.3) is 0 Å². The minimum Gasteiger partial charge on any atom is -0.364 e. The minimum atomic E-state index is -0.440. The molecule has 8 nitrogen and oxygen atoms in total. The van der Waals surface area contributed by atoms with Crippen molar-refractivity contribution >= 4 is 17.5 Å². The molecular formula is C21H30N6O2. The number of nitrogens with one attached hydrogen (secondary N) is 2. The van der Waals surface area contributed by atoms with E-state index in [1.807, 2.05) is 6.07 Å². The van der Waals surface area contributed by atoms with Crippen LogP contribution in [0.3, 0.4) is 0 Å². The Labute approximate surface area is 171 Å². The van der Waals surface area contributed by atoms with Crippen LogP contribution in [0.4, 0.5) is 17.5 Å². The normalized spacial score (nSPS) is 19.0. The topological polar surface area (TPSA) is 119 Å². The zero-order chi connectivity index (χ0) is 20.6. The minimum absolute atomic E-state index is 0.0927. The molecule has 1 saturated carbocycles. The fourth-order valence-electron chi connectivity index (χ4n) is 3.82. The summed E-state index contributed by atoms with van der Waals surface area (Å²) in [5, 5.41) is 17.7. The molecule has 0 radical (unpaired) electrons. The van der Waals surface area contributed by atoms with Crippen molar-refractivity contribution in [2.45, 2.75) is 39.0 Å². The molecule has 156 valence electrons. The molecule has 0 bridgehead atoms. The van der Waals surface area contributed by atoms with Crippen molar-refractivity contribution in [3.63, 3.8) is 0 Å². The van der Waals surface area contributed by atoms with Crippen LogP contribution in [0.5, 0.6) is 0 Å². The quantitative estimate of drug-likeness (QED) is 0.437. The summed E-state index contributed by atoms with van der Waals surface area (Å²) >= 11 is 0. The number of aryl methyl sites for hydroxylation is 1. The monoisotopic (exact) mass is 398 g/mol. The Hall–Kier alpha value is -2.74. The zero-order valence-corrected chi connectivity index (χ0v) is 16.9. The van der Waals surface area contributed by atoms with Gasteiger partial charge in [-0.15, -0.1) is 0 Å². The highest BCUT2D eigenvalue weighted by atomic mass is 16.6. The van der Waals surface area contributed by atoms with Gasteiger partial charge in [-0.3, -0.25) is 10.1 Å². The van der Waals surface area contributed by atoms with Gasteiger partial charge in [0.15, 0.2) is 0 Å². The number of nitrogens with zero attached hydrogens (tertiary/aromatic N) is 3. The first-order valence-corrected chi connectivity index (χ1v) is 10.3. The molecule has 0 saturated heterocycles. The first-order chi connectivity index (χ1) is 14.0. The lowest BCUT2D eigenvalue weighted by Crippen LogP contribution is -2.25. The number of hydrogen-bond donors (Lipinski definition) is 3. The molecule has 29 heavy (non-hydrogen) atoms. The van der Waals surface area contributed by atoms with Crippen LogP contribution in [0.15, 0.2) is 30.5 Å². The van der Waals surface area contributed by atoms with Gasteiger partial charge in [0.1, 0.15) is 6.20 Å². The highest BCUT2D eigenvalue weighted by Crippen LogP contribution is 2.29. The highest BCUT2D eigenvalue weighted by molar-refractivity contribution is 5.57. The molecule has 2 aromatic rings. The Morgan fingerprint density at radius 3 is 2.66 bits per heavy atom. The molecule has 0 atom stereocenters. The molecule has 0 aliphatic heterocycles. The molecule has 8 heteroatoms. The van der Waals surface area contributed by atoms with Crippen LogP contribution in [-0.2, 0) is 6.42 Å². The van der Waals surface area contributed by atoms with Crippen LogP contribution in [0.1, 0.15) is 36.8 Å². The molecule has 1 aromatic carbocycles. The third kappa shape index (κ3) is 6.12. The number of rotatable bonds is 9. The van der Waals surface area contributed by atoms with E-state index in [1.54, 1.807) is 0 Å². The Morgan fingerprint density at radius 2 is 1.97 bits per heavy atom. The van der Waals surface area contributed by atoms with E-state index in [4.69, 9.17) is 5.73 Å². The Bertz CT molecular complexity index is 821. The highest BCUT2D eigenvalue weighted by Gasteiger charge is 2.22. The summed E-state index contributed by atoms with van der Waals surface area (Å²) in [7, 11) is 0. The van der Waals surface area contributed by atoms with Gasteiger partial charge in [0.05, 0.1) is 4.92 Å². The van der Waals surface area contributed by atoms with Gasteiger partial charge in [0.2, 0.25) is 11.8 Å². The predicted molar refractivity (Wildman–Crippen MR) is 115 cm³/mol. The van der Waals surface area contributed by atoms with E-state index in [9.17, 15) is 10.1 Å². The van der Waals surface area contributed by atoms with Gasteiger partial charge in [-0.05, 0) is 63.0 Å². The molecule has 1 aliphatic rings. The maximum atomic E-state index is 11.3. The standard InChI is InChI=1S/C21H30N6O2/c1-15-3-2-4-16(11-15)9-10-23-21-25-14-19(27(28)29)20(26-21)24-13-18-7-5-17(12-22)6-8-18/h2-4,11,14,17-18H,5-10,12-13,22H2,1H3,(H2,23,24,25,26). The Kier molecular flexibility index (Phi) is 7.35. The van der Waals surface area contributed by atoms with Gasteiger partial charge in [0, 0.05) is 13.1 Å². The fourth-order valence-corrected chi connectivity index (χ4v) is 3.82. The van der Waals surface area contributed by atoms with Crippen LogP contribution in [0.2, 0.25) is 0 Å². The van der Waals surface area contributed by atoms with Crippen molar-refractivity contribution in [1.29, 1.82) is 0 Å². The van der Waals surface area contributed by atoms with Crippen molar-refractivity contribution in [3.05, 3.63) is 51.7 Å². The third-order valence-corrected chi connectivity index (χ3v) is 5.60. The van der Waals surface area contributed by atoms with Gasteiger partial charge in [-0.2, -0.15) is 4.98 Å². The van der Waals surface area contributed by atoms with Gasteiger partial charge >= 0.3 is 5.69 Å². The van der Waals surface area contributed by atoms with E-state index < -0.39 is 4.92 Å². The van der Waals surface area contributed by atoms with Gasteiger partial charge in [-0.1, -0.05) is 29.8 Å². The van der Waals surface area contributed by atoms with Crippen LogP contribution < -0.4 is 16.4 Å². The summed E-state index contributed by atoms with van der Waals surface area (Å²) in [4.78, 5) is 19.4. The second kappa shape index (κ2) is 10.2. The summed E-state index contributed by atoms with van der Waals surface area (Å²) < 4.78 is 0. The lowest BCUT2D eigenvalue weighted by atomic mass is 9.82. The zero-order valence-electron chi connectivity index (χ0n) is 16.9. The van der Waals surface area contributed by atoms with E-state index in [2.05, 4.69) is 45.7 Å². The van der Waals surface area contributed by atoms with Gasteiger partial charge in [-0.25, -0.2) is 4.98 Å². The van der Waals surface area contributed by atoms with Gasteiger partial charge < -0.3 is 16.4 Å². The summed E-state index contributed by atoms with van der Waals surface area (Å²) in [5.41, 5.74) is 8.11. The molecule has 0 unspecified atom stereocenters. The number of aromatic nitrogens is 2. The summed E-state index contributed by atoms with van der Waals surface area (Å²) in [6, 6.07) is 8.33. The number of nitro groups is 1. The van der Waals surface area contributed by atoms with Crippen molar-refractivity contribution < 1.29 is 4.92 Å². The number of hydrogen-bond acceptors (Lipinski definition) is 7. The van der Waals surface area contributed by atoms with Crippen molar-refractivity contribution in [2.75, 3.05) is 30.3 Å². The van der Waals surface area contributed by atoms with Crippen LogP contribution in [0, 0.1) is 28.9 Å². The number of nitrogens with two attached hydrogens (primary N) is 1. The molecule has 4 N–H and O–H groups in total. The average molecular weight is 399 g/mol. The van der Waals surface area contributed by atoms with E-state index in [0.29, 0.717) is 30.9 Å². The molecule has 1 heterocycles. The van der Waals surface area contributed by atoms with Crippen LogP contribution in [-0.4, -0.2) is 34.5 Å². The van der Waals surface area contributed by atoms with Crippen molar-refractivity contribution in [1.82, 2.24) is 9.97 Å². The SMILES string of the molecule is Cc1cccc(CCNc2ncc([N+](=O)[O-])c(NCC3CCC(CN)CC3)n2)c1. The Morgan fingerprint density at radius 1 is 1.21 bits per heavy atom. The Balaban J connectivity index is 1.57. The first-order valence-electron chi connectivity index (χ1n) is 10.3. The van der Waals surface area contributed by atoms with Crippen LogP contribution >= 0.6 is 0 Å². The van der Waals surface area contributed by atoms with E-state index in [-0.39, 0.29) is 11.5 Å². The maximum absolute atomic E-state index is 11.3. The number of anilines is 2. The van der Waals surface area contributed by atoms with Crippen molar-refractivity contribution in [2.24, 2.45) is 17.6 Å². The van der Waals surface area contributed by atoms with Crippen molar-refractivity contribution in [3.8, 4) is 0 Å². The summed E-state index contributed by atoms with van der Waals surface area (Å²) in [6.07, 6.45) is 6.54. The van der Waals surface area contributed by atoms with Crippen LogP contribution in [0.25, 0.3) is 0 Å².